The van der Waals surface area contributed by atoms with Gasteiger partial charge in [-0.15, -0.1) is 0 Å². The Hall–Kier alpha value is -2.55. The van der Waals surface area contributed by atoms with Crippen LogP contribution < -0.4 is 9.80 Å². The van der Waals surface area contributed by atoms with Gasteiger partial charge in [-0.1, -0.05) is 0 Å². The van der Waals surface area contributed by atoms with Crippen molar-refractivity contribution in [1.82, 2.24) is 24.7 Å². The van der Waals surface area contributed by atoms with Crippen LogP contribution in [0.15, 0.2) is 41.5 Å². The fraction of sp³-hybridized carbons (Fsp3) is 0.294. The Bertz CT molecular complexity index is 921. The molecule has 1 saturated heterocycles. The van der Waals surface area contributed by atoms with E-state index in [2.05, 4.69) is 35.9 Å². The summed E-state index contributed by atoms with van der Waals surface area (Å²) in [6, 6.07) is 1.44. The normalized spacial score (nSPS) is 14.7. The second kappa shape index (κ2) is 6.99. The monoisotopic (exact) mass is 417 g/mol. The molecule has 0 amide bonds. The quantitative estimate of drug-likeness (QED) is 0.652. The Morgan fingerprint density at radius 3 is 2.50 bits per heavy atom. The minimum atomic E-state index is -0.314. The van der Waals surface area contributed by atoms with Crippen molar-refractivity contribution in [1.29, 1.82) is 0 Å². The molecule has 1 fully saturated rings. The van der Waals surface area contributed by atoms with Crippen molar-refractivity contribution >= 4 is 27.6 Å². The summed E-state index contributed by atoms with van der Waals surface area (Å²) < 4.78 is 16.5. The molecular formula is C17H17BrFN7. The maximum absolute atomic E-state index is 14.1. The zero-order chi connectivity index (χ0) is 18.1. The van der Waals surface area contributed by atoms with Gasteiger partial charge in [-0.3, -0.25) is 9.67 Å². The van der Waals surface area contributed by atoms with Crippen LogP contribution in [0, 0.1) is 5.82 Å². The van der Waals surface area contributed by atoms with E-state index in [1.54, 1.807) is 29.5 Å². The van der Waals surface area contributed by atoms with Gasteiger partial charge in [0.05, 0.1) is 24.3 Å². The fourth-order valence-electron chi connectivity index (χ4n) is 2.99. The molecule has 0 bridgehead atoms. The van der Waals surface area contributed by atoms with Crippen LogP contribution in [0.4, 0.5) is 16.0 Å². The van der Waals surface area contributed by atoms with Gasteiger partial charge in [0, 0.05) is 55.7 Å². The molecular weight excluding hydrogens is 401 g/mol. The first-order valence-electron chi connectivity index (χ1n) is 8.22. The summed E-state index contributed by atoms with van der Waals surface area (Å²) in [7, 11) is 1.87. The van der Waals surface area contributed by atoms with Crippen molar-refractivity contribution in [2.75, 3.05) is 36.0 Å². The number of pyridine rings is 1. The van der Waals surface area contributed by atoms with E-state index in [4.69, 9.17) is 4.98 Å². The molecule has 134 valence electrons. The van der Waals surface area contributed by atoms with Crippen LogP contribution in [-0.4, -0.2) is 50.9 Å². The summed E-state index contributed by atoms with van der Waals surface area (Å²) >= 11 is 3.24. The highest BCUT2D eigenvalue weighted by Crippen LogP contribution is 2.23. The summed E-state index contributed by atoms with van der Waals surface area (Å²) in [5.41, 5.74) is 1.72. The lowest BCUT2D eigenvalue weighted by Gasteiger charge is -2.36. The Morgan fingerprint density at radius 2 is 1.81 bits per heavy atom. The van der Waals surface area contributed by atoms with Crippen molar-refractivity contribution < 1.29 is 4.39 Å². The molecule has 0 aromatic carbocycles. The van der Waals surface area contributed by atoms with Gasteiger partial charge in [0.25, 0.3) is 0 Å². The van der Waals surface area contributed by atoms with Crippen molar-refractivity contribution in [3.8, 4) is 11.3 Å². The van der Waals surface area contributed by atoms with Gasteiger partial charge in [0.15, 0.2) is 11.6 Å². The van der Waals surface area contributed by atoms with Crippen LogP contribution in [0.5, 0.6) is 0 Å². The molecule has 0 unspecified atom stereocenters. The van der Waals surface area contributed by atoms with Crippen LogP contribution in [0.3, 0.4) is 0 Å². The molecule has 4 rings (SSSR count). The molecule has 3 aromatic rings. The highest BCUT2D eigenvalue weighted by Gasteiger charge is 2.22. The van der Waals surface area contributed by atoms with Gasteiger partial charge in [0.2, 0.25) is 0 Å². The SMILES string of the molecule is Cn1cc(-c2cncc(N3CCN(c4ncc(Br)cc4F)CC3)n2)cn1. The third-order valence-corrected chi connectivity index (χ3v) is 4.75. The Kier molecular flexibility index (Phi) is 4.54. The van der Waals surface area contributed by atoms with Gasteiger partial charge in [0.1, 0.15) is 5.82 Å². The van der Waals surface area contributed by atoms with Gasteiger partial charge >= 0.3 is 0 Å². The third kappa shape index (κ3) is 3.39. The molecule has 0 saturated carbocycles. The summed E-state index contributed by atoms with van der Waals surface area (Å²) in [6.45, 7) is 2.79. The lowest BCUT2D eigenvalue weighted by molar-refractivity contribution is 0.586. The van der Waals surface area contributed by atoms with E-state index in [0.717, 1.165) is 30.2 Å². The van der Waals surface area contributed by atoms with E-state index in [1.807, 2.05) is 18.1 Å². The number of aryl methyl sites for hydroxylation is 1. The first-order valence-corrected chi connectivity index (χ1v) is 9.01. The van der Waals surface area contributed by atoms with E-state index >= 15 is 0 Å². The first kappa shape index (κ1) is 16.9. The number of anilines is 2. The van der Waals surface area contributed by atoms with Gasteiger partial charge < -0.3 is 9.80 Å². The molecule has 1 aliphatic rings. The van der Waals surface area contributed by atoms with Crippen LogP contribution in [0.2, 0.25) is 0 Å². The summed E-state index contributed by atoms with van der Waals surface area (Å²) in [6.07, 6.45) is 8.79. The lowest BCUT2D eigenvalue weighted by Crippen LogP contribution is -2.47. The van der Waals surface area contributed by atoms with Crippen LogP contribution in [0.1, 0.15) is 0 Å². The number of aromatic nitrogens is 5. The maximum Gasteiger partial charge on any atom is 0.166 e. The van der Waals surface area contributed by atoms with E-state index in [0.29, 0.717) is 23.4 Å². The standard InChI is InChI=1S/C17H17BrFN7/c1-24-11-12(7-22-24)15-9-20-10-16(23-15)25-2-4-26(5-3-25)17-14(19)6-13(18)8-21-17/h6-11H,2-5H2,1H3. The molecule has 4 heterocycles. The summed E-state index contributed by atoms with van der Waals surface area (Å²) in [5.74, 6) is 0.893. The highest BCUT2D eigenvalue weighted by atomic mass is 79.9. The number of hydrogen-bond acceptors (Lipinski definition) is 6. The van der Waals surface area contributed by atoms with Crippen molar-refractivity contribution in [2.45, 2.75) is 0 Å². The zero-order valence-corrected chi connectivity index (χ0v) is 15.8. The molecule has 7 nitrogen and oxygen atoms in total. The van der Waals surface area contributed by atoms with Crippen molar-refractivity contribution in [3.05, 3.63) is 47.3 Å². The largest absolute Gasteiger partial charge is 0.352 e. The second-order valence-electron chi connectivity index (χ2n) is 6.10. The van der Waals surface area contributed by atoms with Crippen LogP contribution in [-0.2, 0) is 7.05 Å². The second-order valence-corrected chi connectivity index (χ2v) is 7.01. The van der Waals surface area contributed by atoms with Crippen LogP contribution in [0.25, 0.3) is 11.3 Å². The lowest BCUT2D eigenvalue weighted by atomic mass is 10.2. The summed E-state index contributed by atoms with van der Waals surface area (Å²) in [5, 5.41) is 4.18. The van der Waals surface area contributed by atoms with Gasteiger partial charge in [-0.25, -0.2) is 14.4 Å². The predicted molar refractivity (Wildman–Crippen MR) is 101 cm³/mol. The average molecular weight is 418 g/mol. The fourth-order valence-corrected chi connectivity index (χ4v) is 3.29. The topological polar surface area (TPSA) is 63.0 Å². The number of hydrogen-bond donors (Lipinski definition) is 0. The minimum absolute atomic E-state index is 0.314. The van der Waals surface area contributed by atoms with Gasteiger partial charge in [-0.05, 0) is 22.0 Å². The Labute approximate surface area is 158 Å². The molecule has 0 atom stereocenters. The number of rotatable bonds is 3. The van der Waals surface area contributed by atoms with E-state index in [9.17, 15) is 4.39 Å². The zero-order valence-electron chi connectivity index (χ0n) is 14.2. The van der Waals surface area contributed by atoms with E-state index in [-0.39, 0.29) is 5.82 Å². The molecule has 0 radical (unpaired) electrons. The highest BCUT2D eigenvalue weighted by molar-refractivity contribution is 9.10. The van der Waals surface area contributed by atoms with Gasteiger partial charge in [-0.2, -0.15) is 5.10 Å². The molecule has 3 aromatic heterocycles. The summed E-state index contributed by atoms with van der Waals surface area (Å²) in [4.78, 5) is 17.3. The smallest absolute Gasteiger partial charge is 0.166 e. The van der Waals surface area contributed by atoms with Crippen molar-refractivity contribution in [2.24, 2.45) is 7.05 Å². The average Bonchev–Trinajstić information content (AvgIpc) is 3.09. The molecule has 0 aliphatic carbocycles. The van der Waals surface area contributed by atoms with E-state index < -0.39 is 0 Å². The molecule has 26 heavy (non-hydrogen) atoms. The molecule has 9 heteroatoms. The predicted octanol–water partition coefficient (Wildman–Crippen LogP) is 2.50. The number of nitrogens with zero attached hydrogens (tertiary/aromatic N) is 7. The minimum Gasteiger partial charge on any atom is -0.352 e. The number of halogens is 2. The van der Waals surface area contributed by atoms with Crippen molar-refractivity contribution in [3.63, 3.8) is 0 Å². The van der Waals surface area contributed by atoms with E-state index in [1.165, 1.54) is 6.07 Å². The third-order valence-electron chi connectivity index (χ3n) is 4.31. The van der Waals surface area contributed by atoms with Crippen LogP contribution >= 0.6 is 15.9 Å². The maximum atomic E-state index is 14.1. The Morgan fingerprint density at radius 1 is 1.04 bits per heavy atom. The Balaban J connectivity index is 1.48. The number of piperazine rings is 1. The molecule has 0 spiro atoms. The molecule has 0 N–H and O–H groups in total. The first-order chi connectivity index (χ1) is 12.6. The molecule has 1 aliphatic heterocycles.